The molecule has 0 aliphatic carbocycles. The van der Waals surface area contributed by atoms with E-state index in [-0.39, 0.29) is 24.3 Å². The molecule has 37 heavy (non-hydrogen) atoms. The molecule has 3 amide bonds. The fourth-order valence-corrected chi connectivity index (χ4v) is 4.29. The molecule has 3 aromatic carbocycles. The molecule has 0 bridgehead atoms. The summed E-state index contributed by atoms with van der Waals surface area (Å²) in [6.45, 7) is 8.75. The van der Waals surface area contributed by atoms with E-state index >= 15 is 0 Å². The second-order valence-corrected chi connectivity index (χ2v) is 9.95. The highest BCUT2D eigenvalue weighted by Gasteiger charge is 2.46. The maximum absolute atomic E-state index is 13.3. The molecule has 4 rings (SSSR count). The summed E-state index contributed by atoms with van der Waals surface area (Å²) in [5.41, 5.74) is 4.93. The van der Waals surface area contributed by atoms with E-state index in [0.29, 0.717) is 23.4 Å². The average molecular weight is 500 g/mol. The van der Waals surface area contributed by atoms with Crippen LogP contribution in [0.1, 0.15) is 52.6 Å². The number of aryl methyl sites for hydroxylation is 2. The molecule has 7 heteroatoms. The number of nitrogens with zero attached hydrogens (tertiary/aromatic N) is 1. The topological polar surface area (TPSA) is 87.7 Å². The summed E-state index contributed by atoms with van der Waals surface area (Å²) in [5, 5.41) is 5.84. The van der Waals surface area contributed by atoms with Gasteiger partial charge in [-0.15, -0.1) is 0 Å². The normalized spacial score (nSPS) is 17.0. The van der Waals surface area contributed by atoms with E-state index in [0.717, 1.165) is 16.7 Å². The number of hydrogen-bond donors (Lipinski definition) is 2. The van der Waals surface area contributed by atoms with Crippen molar-refractivity contribution in [2.45, 2.75) is 46.4 Å². The third-order valence-corrected chi connectivity index (χ3v) is 6.28. The Labute approximate surface area is 217 Å². The molecule has 1 saturated heterocycles. The highest BCUT2D eigenvalue weighted by molar-refractivity contribution is 6.04. The highest BCUT2D eigenvalue weighted by atomic mass is 16.6. The second kappa shape index (κ2) is 11.3. The fraction of sp³-hybridized carbons (Fsp3) is 0.300. The Kier molecular flexibility index (Phi) is 7.92. The third-order valence-electron chi connectivity index (χ3n) is 6.28. The van der Waals surface area contributed by atoms with Gasteiger partial charge in [0.05, 0.1) is 6.54 Å². The highest BCUT2D eigenvalue weighted by Crippen LogP contribution is 2.34. The number of amides is 3. The number of benzene rings is 3. The van der Waals surface area contributed by atoms with Gasteiger partial charge in [-0.2, -0.15) is 0 Å². The number of anilines is 1. The molecule has 2 unspecified atom stereocenters. The van der Waals surface area contributed by atoms with Crippen molar-refractivity contribution in [3.05, 3.63) is 101 Å². The lowest BCUT2D eigenvalue weighted by Gasteiger charge is -2.25. The minimum Gasteiger partial charge on any atom is -0.438 e. The average Bonchev–Trinajstić information content (AvgIpc) is 3.19. The first kappa shape index (κ1) is 25.9. The molecule has 2 N–H and O–H groups in total. The van der Waals surface area contributed by atoms with E-state index in [1.165, 1.54) is 4.90 Å². The van der Waals surface area contributed by atoms with Crippen LogP contribution in [-0.4, -0.2) is 35.4 Å². The van der Waals surface area contributed by atoms with Gasteiger partial charge in [-0.3, -0.25) is 14.5 Å². The fourth-order valence-electron chi connectivity index (χ4n) is 4.29. The van der Waals surface area contributed by atoms with E-state index < -0.39 is 18.2 Å². The third kappa shape index (κ3) is 6.36. The monoisotopic (exact) mass is 499 g/mol. The second-order valence-electron chi connectivity index (χ2n) is 9.95. The van der Waals surface area contributed by atoms with E-state index in [9.17, 15) is 14.4 Å². The largest absolute Gasteiger partial charge is 0.438 e. The number of carbonyl (C=O) groups excluding carboxylic acids is 3. The van der Waals surface area contributed by atoms with Crippen LogP contribution in [-0.2, 0) is 16.1 Å². The van der Waals surface area contributed by atoms with Crippen molar-refractivity contribution in [3.8, 4) is 0 Å². The van der Waals surface area contributed by atoms with Gasteiger partial charge in [-0.05, 0) is 55.2 Å². The lowest BCUT2D eigenvalue weighted by Crippen LogP contribution is -2.47. The van der Waals surface area contributed by atoms with Crippen molar-refractivity contribution in [1.82, 2.24) is 10.2 Å². The lowest BCUT2D eigenvalue weighted by molar-refractivity contribution is -0.126. The molecule has 0 radical (unpaired) electrons. The van der Waals surface area contributed by atoms with Gasteiger partial charge in [0.2, 0.25) is 5.91 Å². The van der Waals surface area contributed by atoms with E-state index in [2.05, 4.69) is 10.6 Å². The molecule has 1 fully saturated rings. The summed E-state index contributed by atoms with van der Waals surface area (Å²) in [5.74, 6) is -0.202. The van der Waals surface area contributed by atoms with Gasteiger partial charge in [0.25, 0.3) is 5.91 Å². The predicted octanol–water partition coefficient (Wildman–Crippen LogP) is 5.39. The molecule has 192 valence electrons. The standard InChI is InChI=1S/C30H33N3O4/c1-19(2)17-31-29(35)26-27(37-30(36)33(26)18-22-7-5-6-21(4)16-22)23-12-14-25(15-13-23)32-28(34)24-10-8-20(3)9-11-24/h5-16,19,26-27H,17-18H2,1-4H3,(H,31,35)(H,32,34). The maximum atomic E-state index is 13.3. The first-order valence-electron chi connectivity index (χ1n) is 12.5. The summed E-state index contributed by atoms with van der Waals surface area (Å²) >= 11 is 0. The van der Waals surface area contributed by atoms with E-state index in [4.69, 9.17) is 4.74 Å². The Morgan fingerprint density at radius 2 is 1.65 bits per heavy atom. The van der Waals surface area contributed by atoms with Crippen molar-refractivity contribution >= 4 is 23.6 Å². The zero-order valence-corrected chi connectivity index (χ0v) is 21.7. The Balaban J connectivity index is 1.54. The molecular weight excluding hydrogens is 466 g/mol. The van der Waals surface area contributed by atoms with E-state index in [1.807, 2.05) is 64.1 Å². The van der Waals surface area contributed by atoms with Crippen LogP contribution < -0.4 is 10.6 Å². The molecule has 1 aliphatic rings. The van der Waals surface area contributed by atoms with Crippen LogP contribution in [0.2, 0.25) is 0 Å². The molecule has 0 spiro atoms. The molecule has 2 atom stereocenters. The molecule has 0 aromatic heterocycles. The van der Waals surface area contributed by atoms with Crippen LogP contribution in [0.4, 0.5) is 10.5 Å². The molecule has 1 aliphatic heterocycles. The SMILES string of the molecule is Cc1ccc(C(=O)Nc2ccc(C3OC(=O)N(Cc4cccc(C)c4)C3C(=O)NCC(C)C)cc2)cc1. The Morgan fingerprint density at radius 1 is 0.946 bits per heavy atom. The van der Waals surface area contributed by atoms with Gasteiger partial charge in [-0.1, -0.05) is 73.5 Å². The van der Waals surface area contributed by atoms with Crippen LogP contribution in [0.5, 0.6) is 0 Å². The number of nitrogens with one attached hydrogen (secondary N) is 2. The Morgan fingerprint density at radius 3 is 2.30 bits per heavy atom. The first-order chi connectivity index (χ1) is 17.7. The van der Waals surface area contributed by atoms with Crippen LogP contribution in [0.3, 0.4) is 0 Å². The van der Waals surface area contributed by atoms with Gasteiger partial charge >= 0.3 is 6.09 Å². The number of carbonyl (C=O) groups is 3. The van der Waals surface area contributed by atoms with E-state index in [1.54, 1.807) is 36.4 Å². The van der Waals surface area contributed by atoms with Crippen molar-refractivity contribution in [3.63, 3.8) is 0 Å². The van der Waals surface area contributed by atoms with Gasteiger partial charge in [0.15, 0.2) is 12.1 Å². The minimum absolute atomic E-state index is 0.213. The zero-order chi connectivity index (χ0) is 26.5. The Hall–Kier alpha value is -4.13. The van der Waals surface area contributed by atoms with Crippen molar-refractivity contribution in [1.29, 1.82) is 0 Å². The molecule has 3 aromatic rings. The maximum Gasteiger partial charge on any atom is 0.411 e. The summed E-state index contributed by atoms with van der Waals surface area (Å²) in [7, 11) is 0. The van der Waals surface area contributed by atoms with Gasteiger partial charge in [-0.25, -0.2) is 4.79 Å². The molecule has 7 nitrogen and oxygen atoms in total. The zero-order valence-electron chi connectivity index (χ0n) is 21.7. The van der Waals surface area contributed by atoms with Crippen molar-refractivity contribution in [2.75, 3.05) is 11.9 Å². The lowest BCUT2D eigenvalue weighted by atomic mass is 10.00. The minimum atomic E-state index is -0.820. The molecule has 1 heterocycles. The summed E-state index contributed by atoms with van der Waals surface area (Å²) < 4.78 is 5.74. The van der Waals surface area contributed by atoms with Gasteiger partial charge < -0.3 is 15.4 Å². The van der Waals surface area contributed by atoms with Crippen LogP contribution in [0.15, 0.2) is 72.8 Å². The van der Waals surface area contributed by atoms with Gasteiger partial charge in [0.1, 0.15) is 0 Å². The van der Waals surface area contributed by atoms with Gasteiger partial charge in [0, 0.05) is 17.8 Å². The Bertz CT molecular complexity index is 1270. The predicted molar refractivity (Wildman–Crippen MR) is 143 cm³/mol. The summed E-state index contributed by atoms with van der Waals surface area (Å²) in [6, 6.07) is 21.4. The summed E-state index contributed by atoms with van der Waals surface area (Å²) in [4.78, 5) is 40.3. The van der Waals surface area contributed by atoms with Crippen LogP contribution in [0.25, 0.3) is 0 Å². The summed E-state index contributed by atoms with van der Waals surface area (Å²) in [6.07, 6.45) is -1.31. The van der Waals surface area contributed by atoms with Crippen molar-refractivity contribution in [2.24, 2.45) is 5.92 Å². The quantitative estimate of drug-likeness (QED) is 0.435. The number of ether oxygens (including phenoxy) is 1. The van der Waals surface area contributed by atoms with Crippen molar-refractivity contribution < 1.29 is 19.1 Å². The smallest absolute Gasteiger partial charge is 0.411 e. The molecule has 0 saturated carbocycles. The molecular formula is C30H33N3O4. The first-order valence-corrected chi connectivity index (χ1v) is 12.5. The van der Waals surface area contributed by atoms with Crippen LogP contribution in [0, 0.1) is 19.8 Å². The van der Waals surface area contributed by atoms with Crippen LogP contribution >= 0.6 is 0 Å². The number of hydrogen-bond acceptors (Lipinski definition) is 4. The number of rotatable bonds is 8. The number of cyclic esters (lactones) is 1.